The van der Waals surface area contributed by atoms with Crippen molar-refractivity contribution in [3.8, 4) is 0 Å². The number of cyclic esters (lactones) is 1. The highest BCUT2D eigenvalue weighted by Crippen LogP contribution is 2.35. The molecule has 0 aliphatic carbocycles. The lowest BCUT2D eigenvalue weighted by Gasteiger charge is -2.26. The average Bonchev–Trinajstić information content (AvgIpc) is 3.78. The van der Waals surface area contributed by atoms with Crippen LogP contribution in [0.3, 0.4) is 0 Å². The molecule has 7 nitrogen and oxygen atoms in total. The van der Waals surface area contributed by atoms with Gasteiger partial charge in [0.1, 0.15) is 12.2 Å². The van der Waals surface area contributed by atoms with E-state index in [0.717, 1.165) is 69.8 Å². The Hall–Kier alpha value is -1.44. The Morgan fingerprint density at radius 2 is 1.26 bits per heavy atom. The van der Waals surface area contributed by atoms with E-state index in [1.165, 1.54) is 103 Å². The number of esters is 2. The normalized spacial score (nSPS) is 25.9. The molecule has 2 saturated heterocycles. The maximum Gasteiger partial charge on any atom is 0.334 e. The fraction of sp³-hybridized carbons (Fsp3) is 0.897. The van der Waals surface area contributed by atoms with Crippen molar-refractivity contribution in [1.82, 2.24) is 0 Å². The molecule has 3 aliphatic heterocycles. The molecule has 46 heavy (non-hydrogen) atoms. The second-order valence-corrected chi connectivity index (χ2v) is 14.4. The van der Waals surface area contributed by atoms with Gasteiger partial charge in [-0.3, -0.25) is 4.79 Å². The van der Waals surface area contributed by atoms with E-state index >= 15 is 0 Å². The van der Waals surface area contributed by atoms with Crippen LogP contribution in [0.4, 0.5) is 0 Å². The highest BCUT2D eigenvalue weighted by Gasteiger charge is 2.41. The van der Waals surface area contributed by atoms with Gasteiger partial charge in [0.2, 0.25) is 0 Å². The van der Waals surface area contributed by atoms with Crippen LogP contribution in [0.25, 0.3) is 0 Å². The smallest absolute Gasteiger partial charge is 0.334 e. The fourth-order valence-electron chi connectivity index (χ4n) is 7.58. The zero-order valence-corrected chi connectivity index (χ0v) is 29.7. The standard InChI is InChI=1S/C39H68O7/c1-4-5-6-7-8-15-18-21-24-35(44-31(3)40)36-27-28-38(46-36)37-26-25-34(45-37)33(41)23-20-17-14-12-10-9-11-13-16-19-22-32-29-30(2)43-39(32)42/h29-30,33-38,41H,4-28H2,1-3H3/t30-,33+,34?,35-,36+,37+,38+/m0/s1. The molecule has 0 aromatic rings. The van der Waals surface area contributed by atoms with Crippen LogP contribution in [-0.4, -0.2) is 59.8 Å². The molecule has 1 N–H and O–H groups in total. The first kappa shape index (κ1) is 39.0. The summed E-state index contributed by atoms with van der Waals surface area (Å²) in [6.07, 6.45) is 29.6. The molecule has 3 heterocycles. The molecule has 3 rings (SSSR count). The summed E-state index contributed by atoms with van der Waals surface area (Å²) in [6.45, 7) is 5.67. The highest BCUT2D eigenvalue weighted by atomic mass is 16.6. The number of aliphatic hydroxyl groups is 1. The van der Waals surface area contributed by atoms with Crippen LogP contribution in [0.2, 0.25) is 0 Å². The molecule has 2 fully saturated rings. The first-order valence-electron chi connectivity index (χ1n) is 19.4. The molecule has 1 unspecified atom stereocenters. The van der Waals surface area contributed by atoms with Gasteiger partial charge in [-0.2, -0.15) is 0 Å². The van der Waals surface area contributed by atoms with E-state index < -0.39 is 6.10 Å². The van der Waals surface area contributed by atoms with Crippen LogP contribution in [0.5, 0.6) is 0 Å². The third kappa shape index (κ3) is 15.2. The first-order valence-corrected chi connectivity index (χ1v) is 19.4. The van der Waals surface area contributed by atoms with Gasteiger partial charge in [-0.05, 0) is 70.8 Å². The monoisotopic (exact) mass is 648 g/mol. The zero-order chi connectivity index (χ0) is 33.0. The zero-order valence-electron chi connectivity index (χ0n) is 29.7. The molecule has 0 aromatic carbocycles. The van der Waals surface area contributed by atoms with Crippen LogP contribution < -0.4 is 0 Å². The Morgan fingerprint density at radius 3 is 1.80 bits per heavy atom. The van der Waals surface area contributed by atoms with Gasteiger partial charge in [-0.25, -0.2) is 4.79 Å². The SMILES string of the molecule is CCCCCCCCCC[C@H](OC(C)=O)[C@H]1CC[C@H]([C@H]2CCC([C@H](O)CCCCCCCCCCCCC3=C[C@H](C)OC3=O)O2)O1. The molecule has 3 aliphatic rings. The quantitative estimate of drug-likeness (QED) is 0.0738. The molecular formula is C39H68O7. The van der Waals surface area contributed by atoms with E-state index in [2.05, 4.69) is 6.92 Å². The lowest BCUT2D eigenvalue weighted by Crippen LogP contribution is -2.34. The average molecular weight is 649 g/mol. The van der Waals surface area contributed by atoms with E-state index in [9.17, 15) is 14.7 Å². The number of carbonyl (C=O) groups excluding carboxylic acids is 2. The van der Waals surface area contributed by atoms with Crippen LogP contribution in [-0.2, 0) is 28.5 Å². The number of carbonyl (C=O) groups is 2. The largest absolute Gasteiger partial charge is 0.460 e. The van der Waals surface area contributed by atoms with Crippen molar-refractivity contribution in [3.63, 3.8) is 0 Å². The summed E-state index contributed by atoms with van der Waals surface area (Å²) in [5, 5.41) is 10.8. The molecule has 0 bridgehead atoms. The van der Waals surface area contributed by atoms with Crippen LogP contribution in [0, 0.1) is 0 Å². The Bertz CT molecular complexity index is 872. The lowest BCUT2D eigenvalue weighted by molar-refractivity contribution is -0.158. The second kappa shape index (κ2) is 23.0. The molecule has 7 heteroatoms. The molecular weight excluding hydrogens is 580 g/mol. The number of ether oxygens (including phenoxy) is 4. The van der Waals surface area contributed by atoms with Crippen LogP contribution in [0.1, 0.15) is 181 Å². The summed E-state index contributed by atoms with van der Waals surface area (Å²) in [5.41, 5.74) is 0.864. The van der Waals surface area contributed by atoms with Crippen molar-refractivity contribution in [2.45, 2.75) is 224 Å². The second-order valence-electron chi connectivity index (χ2n) is 14.4. The van der Waals surface area contributed by atoms with Gasteiger partial charge >= 0.3 is 11.9 Å². The van der Waals surface area contributed by atoms with Gasteiger partial charge in [0.15, 0.2) is 0 Å². The van der Waals surface area contributed by atoms with E-state index in [4.69, 9.17) is 18.9 Å². The maximum absolute atomic E-state index is 11.8. The van der Waals surface area contributed by atoms with E-state index in [1.54, 1.807) is 0 Å². The van der Waals surface area contributed by atoms with E-state index in [-0.39, 0.29) is 48.6 Å². The fourth-order valence-corrected chi connectivity index (χ4v) is 7.58. The minimum absolute atomic E-state index is 0.0331. The van der Waals surface area contributed by atoms with Gasteiger partial charge in [0, 0.05) is 12.5 Å². The molecule has 0 aromatic heterocycles. The predicted molar refractivity (Wildman–Crippen MR) is 184 cm³/mol. The van der Waals surface area contributed by atoms with Gasteiger partial charge in [0.25, 0.3) is 0 Å². The summed E-state index contributed by atoms with van der Waals surface area (Å²) in [4.78, 5) is 23.5. The van der Waals surface area contributed by atoms with Gasteiger partial charge in [-0.15, -0.1) is 0 Å². The molecule has 0 saturated carbocycles. The van der Waals surface area contributed by atoms with Gasteiger partial charge < -0.3 is 24.1 Å². The summed E-state index contributed by atoms with van der Waals surface area (Å²) in [7, 11) is 0. The molecule has 0 amide bonds. The minimum Gasteiger partial charge on any atom is -0.460 e. The summed E-state index contributed by atoms with van der Waals surface area (Å²) < 4.78 is 23.7. The van der Waals surface area contributed by atoms with Gasteiger partial charge in [0.05, 0.1) is 30.5 Å². The van der Waals surface area contributed by atoms with Crippen LogP contribution in [0.15, 0.2) is 11.6 Å². The van der Waals surface area contributed by atoms with Crippen molar-refractivity contribution < 1.29 is 33.6 Å². The Balaban J connectivity index is 1.18. The van der Waals surface area contributed by atoms with E-state index in [1.807, 2.05) is 13.0 Å². The van der Waals surface area contributed by atoms with Crippen molar-refractivity contribution >= 4 is 11.9 Å². The van der Waals surface area contributed by atoms with Crippen molar-refractivity contribution in [1.29, 1.82) is 0 Å². The Labute approximate surface area is 280 Å². The van der Waals surface area contributed by atoms with Gasteiger partial charge in [-0.1, -0.05) is 110 Å². The summed E-state index contributed by atoms with van der Waals surface area (Å²) in [5.74, 6) is -0.342. The van der Waals surface area contributed by atoms with Crippen molar-refractivity contribution in [2.75, 3.05) is 0 Å². The summed E-state index contributed by atoms with van der Waals surface area (Å²) >= 11 is 0. The third-order valence-corrected chi connectivity index (χ3v) is 10.3. The van der Waals surface area contributed by atoms with Crippen molar-refractivity contribution in [3.05, 3.63) is 11.6 Å². The lowest BCUT2D eigenvalue weighted by atomic mass is 10.00. The summed E-state index contributed by atoms with van der Waals surface area (Å²) in [6, 6.07) is 0. The Morgan fingerprint density at radius 1 is 0.761 bits per heavy atom. The van der Waals surface area contributed by atoms with E-state index in [0.29, 0.717) is 0 Å². The molecule has 266 valence electrons. The minimum atomic E-state index is -0.400. The van der Waals surface area contributed by atoms with Crippen LogP contribution >= 0.6 is 0 Å². The molecule has 0 radical (unpaired) electrons. The molecule has 7 atom stereocenters. The maximum atomic E-state index is 11.8. The number of hydrogen-bond acceptors (Lipinski definition) is 7. The molecule has 0 spiro atoms. The number of aliphatic hydroxyl groups excluding tert-OH is 1. The highest BCUT2D eigenvalue weighted by molar-refractivity contribution is 5.90. The Kier molecular flexibility index (Phi) is 19.5. The number of rotatable bonds is 26. The topological polar surface area (TPSA) is 91.3 Å². The number of unbranched alkanes of at least 4 members (excludes halogenated alkanes) is 16. The predicted octanol–water partition coefficient (Wildman–Crippen LogP) is 9.46. The first-order chi connectivity index (χ1) is 22.4. The third-order valence-electron chi connectivity index (χ3n) is 10.3. The van der Waals surface area contributed by atoms with Crippen molar-refractivity contribution in [2.24, 2.45) is 0 Å². The number of hydrogen-bond donors (Lipinski definition) is 1.